The summed E-state index contributed by atoms with van der Waals surface area (Å²) in [6.45, 7) is 4.24. The predicted molar refractivity (Wildman–Crippen MR) is 54.5 cm³/mol. The van der Waals surface area contributed by atoms with Crippen LogP contribution in [0.15, 0.2) is 21.2 Å². The van der Waals surface area contributed by atoms with Gasteiger partial charge < -0.3 is 4.42 Å². The van der Waals surface area contributed by atoms with Gasteiger partial charge in [-0.25, -0.2) is 0 Å². The third-order valence-electron chi connectivity index (χ3n) is 2.04. The molecule has 3 heteroatoms. The van der Waals surface area contributed by atoms with Crippen LogP contribution in [0.1, 0.15) is 31.4 Å². The summed E-state index contributed by atoms with van der Waals surface area (Å²) in [6.07, 6.45) is 2.71. The monoisotopic (exact) mass is 250 g/mol. The quantitative estimate of drug-likeness (QED) is 0.727. The predicted octanol–water partition coefficient (Wildman–Crippen LogP) is 4.37. The minimum atomic E-state index is -0.0284. The van der Waals surface area contributed by atoms with Gasteiger partial charge in [0, 0.05) is 0 Å². The smallest absolute Gasteiger partial charge is 0.136 e. The molecule has 0 N–H and O–H groups in total. The number of rotatable bonds is 3. The zero-order valence-electron chi connectivity index (χ0n) is 7.18. The van der Waals surface area contributed by atoms with Gasteiger partial charge in [-0.2, -0.15) is 0 Å². The third kappa shape index (κ3) is 2.05. The van der Waals surface area contributed by atoms with Crippen LogP contribution in [0.3, 0.4) is 0 Å². The molecule has 0 fully saturated rings. The molecule has 0 spiro atoms. The van der Waals surface area contributed by atoms with Crippen LogP contribution in [-0.4, -0.2) is 0 Å². The Balaban J connectivity index is 2.77. The second-order valence-electron chi connectivity index (χ2n) is 2.92. The summed E-state index contributed by atoms with van der Waals surface area (Å²) < 4.78 is 6.23. The molecule has 0 aliphatic rings. The fraction of sp³-hybridized carbons (Fsp3) is 0.556. The first-order valence-electron chi connectivity index (χ1n) is 4.03. The second kappa shape index (κ2) is 4.33. The lowest BCUT2D eigenvalue weighted by atomic mass is 10.0. The van der Waals surface area contributed by atoms with Crippen molar-refractivity contribution in [3.63, 3.8) is 0 Å². The zero-order chi connectivity index (χ0) is 9.14. The molecule has 2 atom stereocenters. The first-order chi connectivity index (χ1) is 5.66. The lowest BCUT2D eigenvalue weighted by Crippen LogP contribution is -2.01. The van der Waals surface area contributed by atoms with Crippen molar-refractivity contribution in [3.05, 3.63) is 22.6 Å². The average molecular weight is 252 g/mol. The average Bonchev–Trinajstić information content (AvgIpc) is 2.48. The maximum atomic E-state index is 6.18. The van der Waals surface area contributed by atoms with E-state index < -0.39 is 0 Å². The van der Waals surface area contributed by atoms with E-state index in [1.807, 2.05) is 6.07 Å². The summed E-state index contributed by atoms with van der Waals surface area (Å²) in [4.78, 5) is 0. The Morgan fingerprint density at radius 3 is 2.75 bits per heavy atom. The minimum Gasteiger partial charge on any atom is -0.467 e. The Kier molecular flexibility index (Phi) is 3.66. The molecule has 0 saturated carbocycles. The highest BCUT2D eigenvalue weighted by molar-refractivity contribution is 9.10. The molecule has 1 nitrogen and oxygen atoms in total. The lowest BCUT2D eigenvalue weighted by molar-refractivity contribution is 0.436. The molecule has 0 bridgehead atoms. The maximum Gasteiger partial charge on any atom is 0.136 e. The Labute approximate surface area is 86.2 Å². The maximum absolute atomic E-state index is 6.18. The Morgan fingerprint density at radius 1 is 1.67 bits per heavy atom. The fourth-order valence-corrected chi connectivity index (χ4v) is 1.89. The molecule has 2 unspecified atom stereocenters. The number of alkyl halides is 1. The van der Waals surface area contributed by atoms with Crippen LogP contribution in [-0.2, 0) is 0 Å². The van der Waals surface area contributed by atoms with Crippen LogP contribution in [0.25, 0.3) is 0 Å². The van der Waals surface area contributed by atoms with E-state index >= 15 is 0 Å². The molecule has 1 aromatic rings. The number of furan rings is 1. The van der Waals surface area contributed by atoms with E-state index in [0.717, 1.165) is 16.7 Å². The summed E-state index contributed by atoms with van der Waals surface area (Å²) in [5.74, 6) is 1.28. The standard InChI is InChI=1S/C9H12BrClO/c1-3-6(2)8(11)9-7(10)4-5-12-9/h4-6,8H,3H2,1-2H3. The molecule has 1 rings (SSSR count). The number of hydrogen-bond acceptors (Lipinski definition) is 1. The Bertz CT molecular complexity index is 246. The van der Waals surface area contributed by atoms with Crippen molar-refractivity contribution in [2.45, 2.75) is 25.6 Å². The van der Waals surface area contributed by atoms with Crippen LogP contribution in [0.4, 0.5) is 0 Å². The molecule has 0 radical (unpaired) electrons. The van der Waals surface area contributed by atoms with Gasteiger partial charge in [0.2, 0.25) is 0 Å². The summed E-state index contributed by atoms with van der Waals surface area (Å²) in [6, 6.07) is 1.87. The van der Waals surface area contributed by atoms with Gasteiger partial charge in [0.05, 0.1) is 16.1 Å². The number of halogens is 2. The van der Waals surface area contributed by atoms with Gasteiger partial charge in [-0.15, -0.1) is 11.6 Å². The van der Waals surface area contributed by atoms with Crippen molar-refractivity contribution in [3.8, 4) is 0 Å². The molecule has 12 heavy (non-hydrogen) atoms. The summed E-state index contributed by atoms with van der Waals surface area (Å²) in [7, 11) is 0. The highest BCUT2D eigenvalue weighted by Crippen LogP contribution is 2.35. The van der Waals surface area contributed by atoms with Crippen LogP contribution in [0.2, 0.25) is 0 Å². The molecule has 1 heterocycles. The van der Waals surface area contributed by atoms with E-state index in [1.165, 1.54) is 0 Å². The second-order valence-corrected chi connectivity index (χ2v) is 4.24. The van der Waals surface area contributed by atoms with E-state index in [2.05, 4.69) is 29.8 Å². The van der Waals surface area contributed by atoms with Gasteiger partial charge >= 0.3 is 0 Å². The van der Waals surface area contributed by atoms with Gasteiger partial charge in [0.1, 0.15) is 5.76 Å². The molecule has 0 amide bonds. The van der Waals surface area contributed by atoms with E-state index in [0.29, 0.717) is 5.92 Å². The van der Waals surface area contributed by atoms with Crippen molar-refractivity contribution in [1.29, 1.82) is 0 Å². The van der Waals surface area contributed by atoms with Crippen molar-refractivity contribution >= 4 is 27.5 Å². The van der Waals surface area contributed by atoms with Crippen molar-refractivity contribution in [2.75, 3.05) is 0 Å². The molecular formula is C9H12BrClO. The summed E-state index contributed by atoms with van der Waals surface area (Å²) in [5, 5.41) is -0.0284. The van der Waals surface area contributed by atoms with E-state index in [9.17, 15) is 0 Å². The van der Waals surface area contributed by atoms with Gasteiger partial charge in [0.25, 0.3) is 0 Å². The van der Waals surface area contributed by atoms with Crippen LogP contribution >= 0.6 is 27.5 Å². The third-order valence-corrected chi connectivity index (χ3v) is 3.32. The molecule has 0 aromatic carbocycles. The topological polar surface area (TPSA) is 13.1 Å². The largest absolute Gasteiger partial charge is 0.467 e. The Hall–Kier alpha value is 0.0500. The van der Waals surface area contributed by atoms with Gasteiger partial charge in [-0.05, 0) is 27.9 Å². The van der Waals surface area contributed by atoms with E-state index in [-0.39, 0.29) is 5.38 Å². The van der Waals surface area contributed by atoms with Crippen LogP contribution < -0.4 is 0 Å². The summed E-state index contributed by atoms with van der Waals surface area (Å²) in [5.41, 5.74) is 0. The van der Waals surface area contributed by atoms with E-state index in [1.54, 1.807) is 6.26 Å². The molecule has 0 saturated heterocycles. The van der Waals surface area contributed by atoms with Crippen molar-refractivity contribution in [2.24, 2.45) is 5.92 Å². The van der Waals surface area contributed by atoms with Gasteiger partial charge in [0.15, 0.2) is 0 Å². The molecule has 1 aromatic heterocycles. The first kappa shape index (κ1) is 10.1. The van der Waals surface area contributed by atoms with Gasteiger partial charge in [-0.1, -0.05) is 20.3 Å². The molecular weight excluding hydrogens is 239 g/mol. The van der Waals surface area contributed by atoms with Crippen LogP contribution in [0, 0.1) is 5.92 Å². The SMILES string of the molecule is CCC(C)C(Cl)c1occc1Br. The molecule has 0 aliphatic heterocycles. The summed E-state index contributed by atoms with van der Waals surface area (Å²) >= 11 is 9.57. The minimum absolute atomic E-state index is 0.0284. The zero-order valence-corrected chi connectivity index (χ0v) is 9.52. The first-order valence-corrected chi connectivity index (χ1v) is 5.26. The Morgan fingerprint density at radius 2 is 2.33 bits per heavy atom. The van der Waals surface area contributed by atoms with Crippen molar-refractivity contribution in [1.82, 2.24) is 0 Å². The molecule has 68 valence electrons. The normalized spacial score (nSPS) is 16.0. The van der Waals surface area contributed by atoms with E-state index in [4.69, 9.17) is 16.0 Å². The van der Waals surface area contributed by atoms with Crippen molar-refractivity contribution < 1.29 is 4.42 Å². The molecule has 0 aliphatic carbocycles. The lowest BCUT2D eigenvalue weighted by Gasteiger charge is -2.13. The fourth-order valence-electron chi connectivity index (χ4n) is 0.968. The van der Waals surface area contributed by atoms with Crippen LogP contribution in [0.5, 0.6) is 0 Å². The highest BCUT2D eigenvalue weighted by atomic mass is 79.9. The van der Waals surface area contributed by atoms with Gasteiger partial charge in [-0.3, -0.25) is 0 Å². The number of hydrogen-bond donors (Lipinski definition) is 0. The highest BCUT2D eigenvalue weighted by Gasteiger charge is 2.20.